The third kappa shape index (κ3) is 4.35. The summed E-state index contributed by atoms with van der Waals surface area (Å²) in [7, 11) is 0. The van der Waals surface area contributed by atoms with E-state index >= 15 is 0 Å². The third-order valence-electron chi connectivity index (χ3n) is 3.84. The molecule has 0 radical (unpaired) electrons. The lowest BCUT2D eigenvalue weighted by Gasteiger charge is -2.16. The molecule has 28 heavy (non-hydrogen) atoms. The van der Waals surface area contributed by atoms with Crippen molar-refractivity contribution in [2.45, 2.75) is 12.7 Å². The van der Waals surface area contributed by atoms with E-state index in [1.54, 1.807) is 30.3 Å². The van der Waals surface area contributed by atoms with Crippen LogP contribution in [0.15, 0.2) is 65.6 Å². The highest BCUT2D eigenvalue weighted by molar-refractivity contribution is 6.30. The number of hydrogen-bond acceptors (Lipinski definition) is 3. The van der Waals surface area contributed by atoms with E-state index in [9.17, 15) is 18.0 Å². The van der Waals surface area contributed by atoms with Crippen LogP contribution >= 0.6 is 11.6 Å². The van der Waals surface area contributed by atoms with Gasteiger partial charge in [-0.3, -0.25) is 4.79 Å². The second-order valence-corrected chi connectivity index (χ2v) is 6.30. The van der Waals surface area contributed by atoms with Crippen LogP contribution in [-0.4, -0.2) is 4.57 Å². The zero-order valence-corrected chi connectivity index (χ0v) is 15.0. The summed E-state index contributed by atoms with van der Waals surface area (Å²) in [4.78, 5) is 12.7. The molecule has 142 valence electrons. The van der Waals surface area contributed by atoms with Crippen molar-refractivity contribution in [3.63, 3.8) is 0 Å². The second-order valence-electron chi connectivity index (χ2n) is 5.86. The molecule has 4 nitrogen and oxygen atoms in total. The lowest BCUT2D eigenvalue weighted by Crippen LogP contribution is -2.25. The fourth-order valence-electron chi connectivity index (χ4n) is 2.58. The molecule has 0 saturated carbocycles. The maximum Gasteiger partial charge on any atom is 0.420 e. The van der Waals surface area contributed by atoms with Gasteiger partial charge in [0.1, 0.15) is 11.3 Å². The molecule has 0 aliphatic heterocycles. The average Bonchev–Trinajstić information content (AvgIpc) is 2.64. The van der Waals surface area contributed by atoms with Crippen molar-refractivity contribution in [3.05, 3.63) is 92.9 Å². The van der Waals surface area contributed by atoms with Crippen molar-refractivity contribution in [1.29, 1.82) is 5.26 Å². The number of aromatic nitrogens is 1. The van der Waals surface area contributed by atoms with Crippen LogP contribution in [0.2, 0.25) is 5.02 Å². The quantitative estimate of drug-likeness (QED) is 0.598. The van der Waals surface area contributed by atoms with E-state index in [0.29, 0.717) is 0 Å². The van der Waals surface area contributed by atoms with Gasteiger partial charge in [0.05, 0.1) is 18.2 Å². The number of alkyl halides is 3. The highest BCUT2D eigenvalue weighted by Gasteiger charge is 2.36. The number of ether oxygens (including phenoxy) is 1. The molecule has 0 saturated heterocycles. The first-order valence-electron chi connectivity index (χ1n) is 8.01. The first kappa shape index (κ1) is 19.5. The van der Waals surface area contributed by atoms with Crippen LogP contribution in [0.3, 0.4) is 0 Å². The van der Waals surface area contributed by atoms with Crippen molar-refractivity contribution in [2.75, 3.05) is 0 Å². The molecule has 8 heteroatoms. The molecule has 0 bridgehead atoms. The topological polar surface area (TPSA) is 55.0 Å². The van der Waals surface area contributed by atoms with Crippen LogP contribution < -0.4 is 10.3 Å². The summed E-state index contributed by atoms with van der Waals surface area (Å²) in [5.74, 6) is -1.01. The molecule has 1 aromatic heterocycles. The Kier molecular flexibility index (Phi) is 5.43. The molecule has 1 heterocycles. The summed E-state index contributed by atoms with van der Waals surface area (Å²) in [6.45, 7) is 0.0765. The van der Waals surface area contributed by atoms with Crippen LogP contribution in [-0.2, 0) is 12.7 Å². The molecule has 3 aromatic rings. The van der Waals surface area contributed by atoms with Gasteiger partial charge in [0.2, 0.25) is 5.75 Å². The van der Waals surface area contributed by atoms with Crippen molar-refractivity contribution < 1.29 is 17.9 Å². The fourth-order valence-corrected chi connectivity index (χ4v) is 2.81. The summed E-state index contributed by atoms with van der Waals surface area (Å²) < 4.78 is 46.6. The van der Waals surface area contributed by atoms with Crippen molar-refractivity contribution >= 4 is 11.6 Å². The number of rotatable bonds is 4. The summed E-state index contributed by atoms with van der Waals surface area (Å²) in [5, 5.41) is 9.09. The Labute approximate surface area is 163 Å². The summed E-state index contributed by atoms with van der Waals surface area (Å²) >= 11 is 5.87. The minimum absolute atomic E-state index is 0.0765. The average molecular weight is 405 g/mol. The predicted molar refractivity (Wildman–Crippen MR) is 97.5 cm³/mol. The van der Waals surface area contributed by atoms with Crippen LogP contribution in [0.25, 0.3) is 0 Å². The molecule has 0 aliphatic carbocycles. The number of nitriles is 1. The van der Waals surface area contributed by atoms with Gasteiger partial charge in [0, 0.05) is 11.2 Å². The van der Waals surface area contributed by atoms with Gasteiger partial charge in [-0.1, -0.05) is 41.9 Å². The van der Waals surface area contributed by atoms with E-state index in [1.807, 2.05) is 6.07 Å². The number of nitrogens with zero attached hydrogens (tertiary/aromatic N) is 2. The molecule has 0 amide bonds. The Morgan fingerprint density at radius 2 is 1.82 bits per heavy atom. The minimum atomic E-state index is -4.79. The maximum absolute atomic E-state index is 13.4. The van der Waals surface area contributed by atoms with Crippen LogP contribution in [0, 0.1) is 11.3 Å². The molecule has 0 N–H and O–H groups in total. The van der Waals surface area contributed by atoms with E-state index in [1.165, 1.54) is 18.2 Å². The largest absolute Gasteiger partial charge is 0.451 e. The normalized spacial score (nSPS) is 11.1. The van der Waals surface area contributed by atoms with E-state index in [0.717, 1.165) is 22.4 Å². The van der Waals surface area contributed by atoms with E-state index < -0.39 is 23.0 Å². The Morgan fingerprint density at radius 3 is 2.46 bits per heavy atom. The Balaban J connectivity index is 2.09. The molecule has 0 unspecified atom stereocenters. The number of halogens is 4. The molecule has 0 atom stereocenters. The summed E-state index contributed by atoms with van der Waals surface area (Å²) in [6.07, 6.45) is -3.72. The Morgan fingerprint density at radius 1 is 1.11 bits per heavy atom. The van der Waals surface area contributed by atoms with E-state index in [2.05, 4.69) is 0 Å². The zero-order valence-electron chi connectivity index (χ0n) is 14.2. The van der Waals surface area contributed by atoms with Crippen molar-refractivity contribution in [2.24, 2.45) is 0 Å². The standard InChI is InChI=1S/C20H12ClF3N2O2/c21-15-8-14(11-25)9-16(10-15)28-18-17(20(22,23)24)6-7-26(19(18)27)12-13-4-2-1-3-5-13/h1-10H,12H2. The molecule has 0 fully saturated rings. The molecule has 3 rings (SSSR count). The van der Waals surface area contributed by atoms with Crippen LogP contribution in [0.5, 0.6) is 11.5 Å². The molecule has 0 spiro atoms. The van der Waals surface area contributed by atoms with Gasteiger partial charge in [-0.2, -0.15) is 18.4 Å². The van der Waals surface area contributed by atoms with Crippen LogP contribution in [0.4, 0.5) is 13.2 Å². The minimum Gasteiger partial charge on any atom is -0.451 e. The fraction of sp³-hybridized carbons (Fsp3) is 0.100. The highest BCUT2D eigenvalue weighted by atomic mass is 35.5. The van der Waals surface area contributed by atoms with Gasteiger partial charge in [0.25, 0.3) is 5.56 Å². The molecule has 0 aliphatic rings. The van der Waals surface area contributed by atoms with E-state index in [-0.39, 0.29) is 22.9 Å². The monoisotopic (exact) mass is 404 g/mol. The lowest BCUT2D eigenvalue weighted by molar-refractivity contribution is -0.138. The predicted octanol–water partition coefficient (Wildman–Crippen LogP) is 5.23. The van der Waals surface area contributed by atoms with Gasteiger partial charge < -0.3 is 9.30 Å². The lowest BCUT2D eigenvalue weighted by atomic mass is 10.2. The summed E-state index contributed by atoms with van der Waals surface area (Å²) in [6, 6.07) is 15.2. The van der Waals surface area contributed by atoms with Crippen molar-refractivity contribution in [3.8, 4) is 17.6 Å². The number of hydrogen-bond donors (Lipinski definition) is 0. The van der Waals surface area contributed by atoms with Crippen molar-refractivity contribution in [1.82, 2.24) is 4.57 Å². The van der Waals surface area contributed by atoms with E-state index in [4.69, 9.17) is 21.6 Å². The number of pyridine rings is 1. The maximum atomic E-state index is 13.4. The Hall–Kier alpha value is -3.24. The second kappa shape index (κ2) is 7.79. The molecular weight excluding hydrogens is 393 g/mol. The molecule has 2 aromatic carbocycles. The van der Waals surface area contributed by atoms with Crippen LogP contribution in [0.1, 0.15) is 16.7 Å². The first-order chi connectivity index (χ1) is 13.3. The first-order valence-corrected chi connectivity index (χ1v) is 8.39. The third-order valence-corrected chi connectivity index (χ3v) is 4.06. The Bertz CT molecular complexity index is 1100. The van der Waals surface area contributed by atoms with Gasteiger partial charge in [-0.05, 0) is 29.8 Å². The highest BCUT2D eigenvalue weighted by Crippen LogP contribution is 2.36. The SMILES string of the molecule is N#Cc1cc(Cl)cc(Oc2c(C(F)(F)F)ccn(Cc3ccccc3)c2=O)c1. The molecular formula is C20H12ClF3N2O2. The van der Waals surface area contributed by atoms with Gasteiger partial charge in [-0.25, -0.2) is 0 Å². The smallest absolute Gasteiger partial charge is 0.420 e. The zero-order chi connectivity index (χ0) is 20.3. The number of benzene rings is 2. The summed E-state index contributed by atoms with van der Waals surface area (Å²) in [5.41, 5.74) is -1.32. The van der Waals surface area contributed by atoms with Gasteiger partial charge >= 0.3 is 6.18 Å². The van der Waals surface area contributed by atoms with Gasteiger partial charge in [0.15, 0.2) is 0 Å². The van der Waals surface area contributed by atoms with Gasteiger partial charge in [-0.15, -0.1) is 0 Å².